The lowest BCUT2D eigenvalue weighted by Crippen LogP contribution is -2.30. The number of esters is 1. The number of hydrogen-bond acceptors (Lipinski definition) is 5. The average molecular weight is 274 g/mol. The van der Waals surface area contributed by atoms with Gasteiger partial charge in [0, 0.05) is 0 Å². The van der Waals surface area contributed by atoms with Crippen LogP contribution in [0.3, 0.4) is 0 Å². The van der Waals surface area contributed by atoms with Crippen molar-refractivity contribution in [3.05, 3.63) is 34.9 Å². The Balaban J connectivity index is 3.03. The number of aldehydes is 1. The predicted molar refractivity (Wildman–Crippen MR) is 59.3 cm³/mol. The third kappa shape index (κ3) is 3.33. The molecule has 2 N–H and O–H groups in total. The molecule has 0 fully saturated rings. The van der Waals surface area contributed by atoms with Crippen molar-refractivity contribution in [3.63, 3.8) is 0 Å². The highest BCUT2D eigenvalue weighted by Crippen LogP contribution is 2.22. The van der Waals surface area contributed by atoms with Gasteiger partial charge in [0.1, 0.15) is 17.7 Å². The Bertz CT molecular complexity index is 466. The van der Waals surface area contributed by atoms with Crippen molar-refractivity contribution in [2.75, 3.05) is 6.61 Å². The first-order valence-electron chi connectivity index (χ1n) is 5.39. The maximum absolute atomic E-state index is 13.3. The Morgan fingerprint density at radius 2 is 1.89 bits per heavy atom. The van der Waals surface area contributed by atoms with Crippen LogP contribution in [0.5, 0.6) is 0 Å². The molecule has 1 aromatic carbocycles. The molecule has 2 atom stereocenters. The van der Waals surface area contributed by atoms with Crippen LogP contribution in [0, 0.1) is 11.6 Å². The largest absolute Gasteiger partial charge is 0.464 e. The number of aliphatic hydroxyl groups is 2. The van der Waals surface area contributed by atoms with Crippen molar-refractivity contribution in [1.82, 2.24) is 0 Å². The molecule has 0 aliphatic heterocycles. The van der Waals surface area contributed by atoms with Crippen molar-refractivity contribution in [2.45, 2.75) is 19.1 Å². The van der Waals surface area contributed by atoms with Crippen molar-refractivity contribution < 1.29 is 33.3 Å². The second kappa shape index (κ2) is 6.35. The highest BCUT2D eigenvalue weighted by Gasteiger charge is 2.28. The Morgan fingerprint density at radius 1 is 1.37 bits per heavy atom. The van der Waals surface area contributed by atoms with Gasteiger partial charge in [0.25, 0.3) is 0 Å². The summed E-state index contributed by atoms with van der Waals surface area (Å²) in [6.07, 6.45) is -3.84. The Kier molecular flexibility index (Phi) is 5.08. The summed E-state index contributed by atoms with van der Waals surface area (Å²) < 4.78 is 31.1. The summed E-state index contributed by atoms with van der Waals surface area (Å²) in [6.45, 7) is 1.48. The fourth-order valence-corrected chi connectivity index (χ4v) is 1.43. The lowest BCUT2D eigenvalue weighted by Gasteiger charge is -2.17. The standard InChI is InChI=1S/C12H12F2O5/c1-2-19-12(18)11(17)10(16)6-3-8(13)7(5-15)9(14)4-6/h3-5,10-11,16-17H,2H2,1H3. The number of benzene rings is 1. The van der Waals surface area contributed by atoms with Gasteiger partial charge in [-0.05, 0) is 24.6 Å². The molecule has 0 saturated carbocycles. The maximum Gasteiger partial charge on any atom is 0.338 e. The maximum atomic E-state index is 13.3. The summed E-state index contributed by atoms with van der Waals surface area (Å²) in [5.74, 6) is -3.50. The molecule has 0 heterocycles. The molecule has 0 bridgehead atoms. The van der Waals surface area contributed by atoms with Gasteiger partial charge >= 0.3 is 5.97 Å². The second-order valence-corrected chi connectivity index (χ2v) is 3.66. The SMILES string of the molecule is CCOC(=O)C(O)C(O)c1cc(F)c(C=O)c(F)c1. The molecule has 7 heteroatoms. The van der Waals surface area contributed by atoms with E-state index in [-0.39, 0.29) is 18.5 Å². The Hall–Kier alpha value is -1.86. The van der Waals surface area contributed by atoms with E-state index in [9.17, 15) is 28.6 Å². The molecular weight excluding hydrogens is 262 g/mol. The highest BCUT2D eigenvalue weighted by molar-refractivity contribution is 5.77. The fraction of sp³-hybridized carbons (Fsp3) is 0.333. The first-order valence-corrected chi connectivity index (χ1v) is 5.39. The molecule has 0 amide bonds. The highest BCUT2D eigenvalue weighted by atomic mass is 19.1. The molecule has 19 heavy (non-hydrogen) atoms. The average Bonchev–Trinajstić information content (AvgIpc) is 2.36. The molecule has 2 unspecified atom stereocenters. The van der Waals surface area contributed by atoms with Crippen LogP contribution in [0.4, 0.5) is 8.78 Å². The van der Waals surface area contributed by atoms with Crippen molar-refractivity contribution in [3.8, 4) is 0 Å². The minimum Gasteiger partial charge on any atom is -0.464 e. The summed E-state index contributed by atoms with van der Waals surface area (Å²) in [5, 5.41) is 19.1. The van der Waals surface area contributed by atoms with Crippen molar-refractivity contribution in [2.24, 2.45) is 0 Å². The smallest absolute Gasteiger partial charge is 0.338 e. The lowest BCUT2D eigenvalue weighted by atomic mass is 10.0. The molecule has 0 saturated heterocycles. The van der Waals surface area contributed by atoms with Crippen LogP contribution in [-0.2, 0) is 9.53 Å². The predicted octanol–water partition coefficient (Wildman–Crippen LogP) is 0.735. The second-order valence-electron chi connectivity index (χ2n) is 3.66. The molecule has 1 rings (SSSR count). The number of ether oxygens (including phenoxy) is 1. The van der Waals surface area contributed by atoms with E-state index in [4.69, 9.17) is 0 Å². The van der Waals surface area contributed by atoms with E-state index in [1.54, 1.807) is 0 Å². The van der Waals surface area contributed by atoms with Crippen molar-refractivity contribution in [1.29, 1.82) is 0 Å². The first-order chi connectivity index (χ1) is 8.92. The zero-order chi connectivity index (χ0) is 14.6. The molecule has 0 radical (unpaired) electrons. The Labute approximate surface area is 107 Å². The van der Waals surface area contributed by atoms with Gasteiger partial charge in [0.2, 0.25) is 0 Å². The summed E-state index contributed by atoms with van der Waals surface area (Å²) in [7, 11) is 0. The molecule has 0 aliphatic rings. The fourth-order valence-electron chi connectivity index (χ4n) is 1.43. The summed E-state index contributed by atoms with van der Waals surface area (Å²) in [5.41, 5.74) is -1.16. The monoisotopic (exact) mass is 274 g/mol. The lowest BCUT2D eigenvalue weighted by molar-refractivity contribution is -0.159. The van der Waals surface area contributed by atoms with E-state index in [0.29, 0.717) is 12.1 Å². The van der Waals surface area contributed by atoms with E-state index >= 15 is 0 Å². The molecule has 104 valence electrons. The first kappa shape index (κ1) is 15.2. The van der Waals surface area contributed by atoms with Gasteiger partial charge in [-0.3, -0.25) is 4.79 Å². The molecule has 0 spiro atoms. The summed E-state index contributed by atoms with van der Waals surface area (Å²) in [4.78, 5) is 21.6. The van der Waals surface area contributed by atoms with Crippen LogP contribution in [0.1, 0.15) is 28.9 Å². The van der Waals surface area contributed by atoms with Gasteiger partial charge in [0.05, 0.1) is 12.2 Å². The molecule has 0 aromatic heterocycles. The van der Waals surface area contributed by atoms with Crippen LogP contribution in [-0.4, -0.2) is 35.2 Å². The van der Waals surface area contributed by atoms with E-state index in [2.05, 4.69) is 4.74 Å². The van der Waals surface area contributed by atoms with Crippen LogP contribution < -0.4 is 0 Å². The minimum atomic E-state index is -1.97. The third-order valence-corrected chi connectivity index (χ3v) is 2.39. The van der Waals surface area contributed by atoms with Gasteiger partial charge < -0.3 is 14.9 Å². The van der Waals surface area contributed by atoms with E-state index < -0.39 is 35.4 Å². The van der Waals surface area contributed by atoms with E-state index in [1.165, 1.54) is 6.92 Å². The zero-order valence-electron chi connectivity index (χ0n) is 9.97. The number of rotatable bonds is 5. The van der Waals surface area contributed by atoms with Gasteiger partial charge in [-0.15, -0.1) is 0 Å². The number of hydrogen-bond donors (Lipinski definition) is 2. The number of aliphatic hydroxyl groups excluding tert-OH is 2. The zero-order valence-corrected chi connectivity index (χ0v) is 9.97. The number of carbonyl (C=O) groups excluding carboxylic acids is 2. The molecular formula is C12H12F2O5. The normalized spacial score (nSPS) is 13.7. The van der Waals surface area contributed by atoms with Crippen LogP contribution in [0.2, 0.25) is 0 Å². The van der Waals surface area contributed by atoms with E-state index in [0.717, 1.165) is 0 Å². The van der Waals surface area contributed by atoms with Gasteiger partial charge in [-0.25, -0.2) is 13.6 Å². The quantitative estimate of drug-likeness (QED) is 0.611. The number of carbonyl (C=O) groups is 2. The van der Waals surface area contributed by atoms with Crippen molar-refractivity contribution >= 4 is 12.3 Å². The summed E-state index contributed by atoms with van der Waals surface area (Å²) >= 11 is 0. The van der Waals surface area contributed by atoms with Gasteiger partial charge in [-0.2, -0.15) is 0 Å². The molecule has 5 nitrogen and oxygen atoms in total. The van der Waals surface area contributed by atoms with Crippen LogP contribution in [0.15, 0.2) is 12.1 Å². The summed E-state index contributed by atoms with van der Waals surface area (Å²) in [6, 6.07) is 1.33. The molecule has 0 aliphatic carbocycles. The topological polar surface area (TPSA) is 83.8 Å². The van der Waals surface area contributed by atoms with E-state index in [1.807, 2.05) is 0 Å². The molecule has 1 aromatic rings. The van der Waals surface area contributed by atoms with Gasteiger partial charge in [0.15, 0.2) is 12.4 Å². The number of halogens is 2. The van der Waals surface area contributed by atoms with Crippen LogP contribution >= 0.6 is 0 Å². The van der Waals surface area contributed by atoms with Crippen LogP contribution in [0.25, 0.3) is 0 Å². The third-order valence-electron chi connectivity index (χ3n) is 2.39. The van der Waals surface area contributed by atoms with Gasteiger partial charge in [-0.1, -0.05) is 0 Å². The Morgan fingerprint density at radius 3 is 2.32 bits per heavy atom. The minimum absolute atomic E-state index is 0.0113.